The molecular weight excluding hydrogens is 333 g/mol. The predicted octanol–water partition coefficient (Wildman–Crippen LogP) is 4.43. The average Bonchev–Trinajstić information content (AvgIpc) is 2.53. The molecule has 0 saturated heterocycles. The van der Waals surface area contributed by atoms with Crippen LogP contribution in [0.3, 0.4) is 0 Å². The average molecular weight is 354 g/mol. The molecule has 0 aliphatic carbocycles. The van der Waals surface area contributed by atoms with Crippen LogP contribution in [0.25, 0.3) is 0 Å². The minimum absolute atomic E-state index is 0.0659. The van der Waals surface area contributed by atoms with Gasteiger partial charge in [-0.05, 0) is 32.0 Å². The molecule has 2 aromatic rings. The van der Waals surface area contributed by atoms with E-state index in [1.807, 2.05) is 44.2 Å². The van der Waals surface area contributed by atoms with Gasteiger partial charge in [0.15, 0.2) is 0 Å². The van der Waals surface area contributed by atoms with Crippen LogP contribution in [0.5, 0.6) is 5.75 Å². The second kappa shape index (κ2) is 8.02. The van der Waals surface area contributed by atoms with E-state index in [1.54, 1.807) is 12.1 Å². The maximum Gasteiger partial charge on any atom is 0.124 e. The van der Waals surface area contributed by atoms with Crippen LogP contribution in [0.15, 0.2) is 42.5 Å². The van der Waals surface area contributed by atoms with Crippen LogP contribution in [0.4, 0.5) is 0 Å². The van der Waals surface area contributed by atoms with E-state index in [9.17, 15) is 5.11 Å². The Morgan fingerprint density at radius 3 is 2.52 bits per heavy atom. The number of aliphatic hydroxyl groups is 1. The van der Waals surface area contributed by atoms with Crippen LogP contribution in [0.2, 0.25) is 10.0 Å². The second-order valence-corrected chi connectivity index (χ2v) is 6.87. The highest BCUT2D eigenvalue weighted by Crippen LogP contribution is 2.24. The summed E-state index contributed by atoms with van der Waals surface area (Å²) >= 11 is 12.1. The first kappa shape index (κ1) is 18.1. The molecule has 0 saturated carbocycles. The van der Waals surface area contributed by atoms with E-state index < -0.39 is 0 Å². The Balaban J connectivity index is 2.05. The van der Waals surface area contributed by atoms with Gasteiger partial charge in [0.2, 0.25) is 0 Å². The van der Waals surface area contributed by atoms with E-state index >= 15 is 0 Å². The van der Waals surface area contributed by atoms with Gasteiger partial charge >= 0.3 is 0 Å². The fourth-order valence-electron chi connectivity index (χ4n) is 1.98. The molecule has 0 spiro atoms. The van der Waals surface area contributed by atoms with Crippen molar-refractivity contribution in [2.24, 2.45) is 0 Å². The number of benzene rings is 2. The lowest BCUT2D eigenvalue weighted by molar-refractivity contribution is 0.186. The van der Waals surface area contributed by atoms with E-state index in [-0.39, 0.29) is 12.1 Å². The Kier molecular flexibility index (Phi) is 6.31. The Morgan fingerprint density at radius 1 is 1.09 bits per heavy atom. The third-order valence-electron chi connectivity index (χ3n) is 3.52. The van der Waals surface area contributed by atoms with Crippen molar-refractivity contribution in [1.82, 2.24) is 5.32 Å². The molecule has 0 aliphatic heterocycles. The SMILES string of the molecule is CC(C)(CO)NCc1ccccc1OCc1ccc(Cl)cc1Cl. The van der Waals surface area contributed by atoms with Crippen molar-refractivity contribution < 1.29 is 9.84 Å². The monoisotopic (exact) mass is 353 g/mol. The molecule has 23 heavy (non-hydrogen) atoms. The Bertz CT molecular complexity index is 659. The molecule has 0 heterocycles. The summed E-state index contributed by atoms with van der Waals surface area (Å²) in [4.78, 5) is 0. The van der Waals surface area contributed by atoms with Crippen molar-refractivity contribution in [2.75, 3.05) is 6.61 Å². The lowest BCUT2D eigenvalue weighted by Gasteiger charge is -2.24. The minimum atomic E-state index is -0.341. The third-order valence-corrected chi connectivity index (χ3v) is 4.11. The molecule has 3 nitrogen and oxygen atoms in total. The zero-order valence-electron chi connectivity index (χ0n) is 13.3. The summed E-state index contributed by atoms with van der Waals surface area (Å²) in [5.41, 5.74) is 1.57. The number of halogens is 2. The summed E-state index contributed by atoms with van der Waals surface area (Å²) in [6, 6.07) is 13.2. The summed E-state index contributed by atoms with van der Waals surface area (Å²) in [5, 5.41) is 13.8. The van der Waals surface area contributed by atoms with Crippen molar-refractivity contribution in [3.8, 4) is 5.75 Å². The van der Waals surface area contributed by atoms with Gasteiger partial charge in [-0.25, -0.2) is 0 Å². The maximum atomic E-state index is 9.33. The van der Waals surface area contributed by atoms with Crippen LogP contribution in [-0.2, 0) is 13.2 Å². The van der Waals surface area contributed by atoms with Crippen LogP contribution >= 0.6 is 23.2 Å². The second-order valence-electron chi connectivity index (χ2n) is 6.03. The van der Waals surface area contributed by atoms with Gasteiger partial charge in [-0.2, -0.15) is 0 Å². The highest BCUT2D eigenvalue weighted by atomic mass is 35.5. The quantitative estimate of drug-likeness (QED) is 0.773. The molecular formula is C18H21Cl2NO2. The smallest absolute Gasteiger partial charge is 0.124 e. The largest absolute Gasteiger partial charge is 0.489 e. The molecule has 0 bridgehead atoms. The molecule has 124 valence electrons. The summed E-state index contributed by atoms with van der Waals surface area (Å²) in [7, 11) is 0. The summed E-state index contributed by atoms with van der Waals surface area (Å²) < 4.78 is 5.91. The summed E-state index contributed by atoms with van der Waals surface area (Å²) in [5.74, 6) is 0.791. The Labute approximate surface area is 147 Å². The molecule has 0 atom stereocenters. The van der Waals surface area contributed by atoms with Gasteiger partial charge in [0.25, 0.3) is 0 Å². The number of hydrogen-bond acceptors (Lipinski definition) is 3. The normalized spacial score (nSPS) is 11.5. The number of nitrogens with one attached hydrogen (secondary N) is 1. The van der Waals surface area contributed by atoms with Gasteiger partial charge in [0.1, 0.15) is 12.4 Å². The fraction of sp³-hybridized carbons (Fsp3) is 0.333. The molecule has 2 N–H and O–H groups in total. The van der Waals surface area contributed by atoms with Crippen molar-refractivity contribution in [3.05, 3.63) is 63.6 Å². The van der Waals surface area contributed by atoms with Crippen LogP contribution < -0.4 is 10.1 Å². The van der Waals surface area contributed by atoms with E-state index in [0.29, 0.717) is 23.2 Å². The Morgan fingerprint density at radius 2 is 1.83 bits per heavy atom. The van der Waals surface area contributed by atoms with Crippen LogP contribution in [-0.4, -0.2) is 17.3 Å². The molecule has 0 fully saturated rings. The number of rotatable bonds is 7. The van der Waals surface area contributed by atoms with Crippen molar-refractivity contribution in [3.63, 3.8) is 0 Å². The van der Waals surface area contributed by atoms with Gasteiger partial charge in [-0.1, -0.05) is 47.5 Å². The number of para-hydroxylation sites is 1. The molecule has 2 rings (SSSR count). The highest BCUT2D eigenvalue weighted by molar-refractivity contribution is 6.35. The summed E-state index contributed by atoms with van der Waals surface area (Å²) in [6.07, 6.45) is 0. The fourth-order valence-corrected chi connectivity index (χ4v) is 2.44. The first-order valence-electron chi connectivity index (χ1n) is 7.42. The third kappa shape index (κ3) is 5.40. The molecule has 5 heteroatoms. The molecule has 0 unspecified atom stereocenters. The van der Waals surface area contributed by atoms with Crippen LogP contribution in [0.1, 0.15) is 25.0 Å². The van der Waals surface area contributed by atoms with Gasteiger partial charge in [0, 0.05) is 33.3 Å². The lowest BCUT2D eigenvalue weighted by atomic mass is 10.1. The molecule has 0 radical (unpaired) electrons. The highest BCUT2D eigenvalue weighted by Gasteiger charge is 2.16. The topological polar surface area (TPSA) is 41.5 Å². The number of ether oxygens (including phenoxy) is 1. The lowest BCUT2D eigenvalue weighted by Crippen LogP contribution is -2.42. The molecule has 0 aliphatic rings. The molecule has 0 amide bonds. The van der Waals surface area contributed by atoms with Gasteiger partial charge in [-0.3, -0.25) is 0 Å². The minimum Gasteiger partial charge on any atom is -0.489 e. The zero-order valence-corrected chi connectivity index (χ0v) is 14.8. The zero-order chi connectivity index (χ0) is 16.9. The maximum absolute atomic E-state index is 9.33. The molecule has 0 aromatic heterocycles. The summed E-state index contributed by atoms with van der Waals surface area (Å²) in [6.45, 7) is 4.94. The number of aliphatic hydroxyl groups excluding tert-OH is 1. The van der Waals surface area contributed by atoms with E-state index in [1.165, 1.54) is 0 Å². The first-order valence-corrected chi connectivity index (χ1v) is 8.17. The van der Waals surface area contributed by atoms with Gasteiger partial charge < -0.3 is 15.2 Å². The first-order chi connectivity index (χ1) is 10.9. The standard InChI is InChI=1S/C18H21Cl2NO2/c1-18(2,12-22)21-10-13-5-3-4-6-17(13)23-11-14-7-8-15(19)9-16(14)20/h3-9,21-22H,10-12H2,1-2H3. The van der Waals surface area contributed by atoms with Crippen molar-refractivity contribution in [2.45, 2.75) is 32.5 Å². The van der Waals surface area contributed by atoms with E-state index in [4.69, 9.17) is 27.9 Å². The van der Waals surface area contributed by atoms with Crippen molar-refractivity contribution in [1.29, 1.82) is 0 Å². The molecule has 2 aromatic carbocycles. The van der Waals surface area contributed by atoms with Gasteiger partial charge in [0.05, 0.1) is 6.61 Å². The Hall–Kier alpha value is -1.26. The van der Waals surface area contributed by atoms with E-state index in [2.05, 4.69) is 5.32 Å². The van der Waals surface area contributed by atoms with Crippen molar-refractivity contribution >= 4 is 23.2 Å². The van der Waals surface area contributed by atoms with Crippen LogP contribution in [0, 0.1) is 0 Å². The number of hydrogen-bond donors (Lipinski definition) is 2. The predicted molar refractivity (Wildman–Crippen MR) is 95.2 cm³/mol. The van der Waals surface area contributed by atoms with E-state index in [0.717, 1.165) is 16.9 Å². The van der Waals surface area contributed by atoms with Gasteiger partial charge in [-0.15, -0.1) is 0 Å².